The van der Waals surface area contributed by atoms with Crippen molar-refractivity contribution in [2.45, 2.75) is 110 Å². The third-order valence-electron chi connectivity index (χ3n) is 5.35. The zero-order chi connectivity index (χ0) is 15.3. The molecule has 1 fully saturated rings. The molecule has 1 saturated carbocycles. The maximum atomic E-state index is 11.9. The number of rotatable bonds is 13. The SMILES string of the molecule is CCCCCCC[C@H]1CCC[C@@H]1CCC(=O)CCCCC. The van der Waals surface area contributed by atoms with Gasteiger partial charge >= 0.3 is 0 Å². The van der Waals surface area contributed by atoms with E-state index in [2.05, 4.69) is 13.8 Å². The number of hydrogen-bond acceptors (Lipinski definition) is 1. The van der Waals surface area contributed by atoms with Crippen LogP contribution in [0.15, 0.2) is 0 Å². The fourth-order valence-corrected chi connectivity index (χ4v) is 3.93. The van der Waals surface area contributed by atoms with Crippen LogP contribution in [0.25, 0.3) is 0 Å². The van der Waals surface area contributed by atoms with Crippen molar-refractivity contribution in [2.24, 2.45) is 11.8 Å². The van der Waals surface area contributed by atoms with E-state index in [0.29, 0.717) is 5.78 Å². The van der Waals surface area contributed by atoms with Crippen molar-refractivity contribution in [3.8, 4) is 0 Å². The van der Waals surface area contributed by atoms with Gasteiger partial charge in [0, 0.05) is 12.8 Å². The molecule has 0 unspecified atom stereocenters. The van der Waals surface area contributed by atoms with E-state index in [-0.39, 0.29) is 0 Å². The maximum Gasteiger partial charge on any atom is 0.132 e. The number of carbonyl (C=O) groups is 1. The van der Waals surface area contributed by atoms with Crippen molar-refractivity contribution >= 4 is 5.78 Å². The van der Waals surface area contributed by atoms with Crippen LogP contribution in [0.5, 0.6) is 0 Å². The molecule has 0 spiro atoms. The molecule has 1 aliphatic carbocycles. The van der Waals surface area contributed by atoms with E-state index in [4.69, 9.17) is 0 Å². The van der Waals surface area contributed by atoms with Crippen molar-refractivity contribution in [3.05, 3.63) is 0 Å². The Morgan fingerprint density at radius 2 is 1.38 bits per heavy atom. The predicted molar refractivity (Wildman–Crippen MR) is 92.6 cm³/mol. The van der Waals surface area contributed by atoms with Crippen LogP contribution in [0, 0.1) is 11.8 Å². The van der Waals surface area contributed by atoms with Crippen molar-refractivity contribution in [2.75, 3.05) is 0 Å². The summed E-state index contributed by atoms with van der Waals surface area (Å²) < 4.78 is 0. The lowest BCUT2D eigenvalue weighted by molar-refractivity contribution is -0.119. The second-order valence-electron chi connectivity index (χ2n) is 7.19. The Hall–Kier alpha value is -0.330. The Morgan fingerprint density at radius 3 is 2.10 bits per heavy atom. The molecule has 0 heterocycles. The van der Waals surface area contributed by atoms with Gasteiger partial charge < -0.3 is 0 Å². The molecular weight excluding hydrogens is 256 g/mol. The van der Waals surface area contributed by atoms with Crippen molar-refractivity contribution in [3.63, 3.8) is 0 Å². The van der Waals surface area contributed by atoms with Crippen LogP contribution < -0.4 is 0 Å². The van der Waals surface area contributed by atoms with Crippen LogP contribution in [0.4, 0.5) is 0 Å². The molecule has 1 nitrogen and oxygen atoms in total. The first-order valence-electron chi connectivity index (χ1n) is 9.79. The molecule has 21 heavy (non-hydrogen) atoms. The minimum Gasteiger partial charge on any atom is -0.300 e. The molecule has 0 aromatic rings. The van der Waals surface area contributed by atoms with Gasteiger partial charge in [-0.3, -0.25) is 4.79 Å². The van der Waals surface area contributed by atoms with Gasteiger partial charge in [-0.2, -0.15) is 0 Å². The Bertz CT molecular complexity index is 259. The van der Waals surface area contributed by atoms with E-state index in [0.717, 1.165) is 31.1 Å². The van der Waals surface area contributed by atoms with Gasteiger partial charge in [0.15, 0.2) is 0 Å². The van der Waals surface area contributed by atoms with Gasteiger partial charge in [-0.1, -0.05) is 84.5 Å². The molecule has 0 aliphatic heterocycles. The molecule has 0 saturated heterocycles. The molecule has 1 rings (SSSR count). The van der Waals surface area contributed by atoms with E-state index < -0.39 is 0 Å². The van der Waals surface area contributed by atoms with E-state index in [1.54, 1.807) is 0 Å². The summed E-state index contributed by atoms with van der Waals surface area (Å²) in [5, 5.41) is 0. The minimum atomic E-state index is 0.525. The zero-order valence-electron chi connectivity index (χ0n) is 14.7. The van der Waals surface area contributed by atoms with Gasteiger partial charge in [-0.05, 0) is 24.7 Å². The quantitative estimate of drug-likeness (QED) is 0.346. The molecule has 0 bridgehead atoms. The normalized spacial score (nSPS) is 21.8. The Balaban J connectivity index is 2.10. The first-order chi connectivity index (χ1) is 10.3. The molecule has 0 radical (unpaired) electrons. The predicted octanol–water partition coefficient (Wildman–Crippen LogP) is 6.69. The summed E-state index contributed by atoms with van der Waals surface area (Å²) >= 11 is 0. The highest BCUT2D eigenvalue weighted by Gasteiger charge is 2.26. The van der Waals surface area contributed by atoms with Crippen LogP contribution in [0.2, 0.25) is 0 Å². The molecule has 0 amide bonds. The van der Waals surface area contributed by atoms with E-state index >= 15 is 0 Å². The van der Waals surface area contributed by atoms with Gasteiger partial charge in [-0.25, -0.2) is 0 Å². The summed E-state index contributed by atoms with van der Waals surface area (Å²) in [4.78, 5) is 11.9. The third-order valence-corrected chi connectivity index (χ3v) is 5.35. The molecule has 2 atom stereocenters. The second kappa shape index (κ2) is 12.2. The van der Waals surface area contributed by atoms with E-state index in [1.807, 2.05) is 0 Å². The van der Waals surface area contributed by atoms with Crippen LogP contribution in [-0.2, 0) is 4.79 Å². The maximum absolute atomic E-state index is 11.9. The number of Topliss-reactive ketones (excluding diaryl/α,β-unsaturated/α-hetero) is 1. The largest absolute Gasteiger partial charge is 0.300 e. The highest BCUT2D eigenvalue weighted by atomic mass is 16.1. The molecule has 0 aromatic carbocycles. The molecule has 0 N–H and O–H groups in total. The van der Waals surface area contributed by atoms with E-state index in [9.17, 15) is 4.79 Å². The van der Waals surface area contributed by atoms with Crippen LogP contribution >= 0.6 is 0 Å². The highest BCUT2D eigenvalue weighted by Crippen LogP contribution is 2.38. The topological polar surface area (TPSA) is 17.1 Å². The Labute approximate surface area is 133 Å². The highest BCUT2D eigenvalue weighted by molar-refractivity contribution is 5.78. The summed E-state index contributed by atoms with van der Waals surface area (Å²) in [7, 11) is 0. The van der Waals surface area contributed by atoms with Crippen LogP contribution in [0.1, 0.15) is 110 Å². The molecule has 1 aliphatic rings. The average Bonchev–Trinajstić information content (AvgIpc) is 2.93. The number of carbonyl (C=O) groups excluding carboxylic acids is 1. The zero-order valence-corrected chi connectivity index (χ0v) is 14.7. The van der Waals surface area contributed by atoms with Gasteiger partial charge in [0.05, 0.1) is 0 Å². The Kier molecular flexibility index (Phi) is 10.9. The first-order valence-corrected chi connectivity index (χ1v) is 9.79. The standard InChI is InChI=1S/C20H38O/c1-3-5-7-8-10-12-18-13-11-14-19(18)16-17-20(21)15-9-6-4-2/h18-19H,3-17H2,1-2H3/t18-,19+/m0/s1. The van der Waals surface area contributed by atoms with Crippen molar-refractivity contribution < 1.29 is 4.79 Å². The minimum absolute atomic E-state index is 0.525. The first kappa shape index (κ1) is 18.7. The lowest BCUT2D eigenvalue weighted by Gasteiger charge is -2.19. The Morgan fingerprint density at radius 1 is 0.762 bits per heavy atom. The summed E-state index contributed by atoms with van der Waals surface area (Å²) in [6.45, 7) is 4.48. The smallest absolute Gasteiger partial charge is 0.132 e. The molecule has 1 heteroatoms. The summed E-state index contributed by atoms with van der Waals surface area (Å²) in [5.74, 6) is 2.33. The second-order valence-corrected chi connectivity index (χ2v) is 7.19. The van der Waals surface area contributed by atoms with Gasteiger partial charge in [0.2, 0.25) is 0 Å². The number of unbranched alkanes of at least 4 members (excludes halogenated alkanes) is 6. The fraction of sp³-hybridized carbons (Fsp3) is 0.950. The van der Waals surface area contributed by atoms with Crippen molar-refractivity contribution in [1.29, 1.82) is 0 Å². The average molecular weight is 295 g/mol. The van der Waals surface area contributed by atoms with Crippen LogP contribution in [-0.4, -0.2) is 5.78 Å². The third kappa shape index (κ3) is 8.63. The fourth-order valence-electron chi connectivity index (χ4n) is 3.93. The molecule has 124 valence electrons. The summed E-state index contributed by atoms with van der Waals surface area (Å²) in [6.07, 6.45) is 19.1. The number of ketones is 1. The van der Waals surface area contributed by atoms with Gasteiger partial charge in [-0.15, -0.1) is 0 Å². The van der Waals surface area contributed by atoms with Crippen molar-refractivity contribution in [1.82, 2.24) is 0 Å². The lowest BCUT2D eigenvalue weighted by atomic mass is 9.86. The van der Waals surface area contributed by atoms with Crippen LogP contribution in [0.3, 0.4) is 0 Å². The molecular formula is C20H38O. The summed E-state index contributed by atoms with van der Waals surface area (Å²) in [6, 6.07) is 0. The summed E-state index contributed by atoms with van der Waals surface area (Å²) in [5.41, 5.74) is 0. The van der Waals surface area contributed by atoms with E-state index in [1.165, 1.54) is 77.0 Å². The number of hydrogen-bond donors (Lipinski definition) is 0. The van der Waals surface area contributed by atoms with Gasteiger partial charge in [0.25, 0.3) is 0 Å². The molecule has 0 aromatic heterocycles. The monoisotopic (exact) mass is 294 g/mol. The van der Waals surface area contributed by atoms with Gasteiger partial charge in [0.1, 0.15) is 5.78 Å². The lowest BCUT2D eigenvalue weighted by Crippen LogP contribution is -2.10.